The largest absolute Gasteiger partial charge is 0.573 e. The van der Waals surface area contributed by atoms with E-state index in [-0.39, 0.29) is 17.2 Å². The van der Waals surface area contributed by atoms with Gasteiger partial charge in [0.15, 0.2) is 0 Å². The Balaban J connectivity index is 2.33. The van der Waals surface area contributed by atoms with Crippen LogP contribution in [0, 0.1) is 0 Å². The Morgan fingerprint density at radius 2 is 1.90 bits per heavy atom. The smallest absolute Gasteiger partial charge is 0.506 e. The van der Waals surface area contributed by atoms with Crippen molar-refractivity contribution < 1.29 is 28.1 Å². The Bertz CT molecular complexity index is 614. The fourth-order valence-corrected chi connectivity index (χ4v) is 1.63. The molecule has 1 aromatic carbocycles. The number of pyridine rings is 1. The predicted molar refractivity (Wildman–Crippen MR) is 63.9 cm³/mol. The van der Waals surface area contributed by atoms with Crippen LogP contribution in [0.2, 0.25) is 0 Å². The van der Waals surface area contributed by atoms with Crippen LogP contribution in [0.25, 0.3) is 11.1 Å². The molecule has 0 radical (unpaired) electrons. The van der Waals surface area contributed by atoms with Crippen molar-refractivity contribution >= 4 is 0 Å². The van der Waals surface area contributed by atoms with Gasteiger partial charge in [0, 0.05) is 11.8 Å². The molecule has 0 fully saturated rings. The van der Waals surface area contributed by atoms with Gasteiger partial charge in [-0.2, -0.15) is 0 Å². The number of nitrogens with zero attached hydrogens (tertiary/aromatic N) is 1. The minimum Gasteiger partial charge on any atom is -0.506 e. The molecule has 0 amide bonds. The van der Waals surface area contributed by atoms with Crippen LogP contribution in [-0.2, 0) is 6.61 Å². The van der Waals surface area contributed by atoms with E-state index in [0.717, 1.165) is 0 Å². The van der Waals surface area contributed by atoms with E-state index in [0.29, 0.717) is 11.1 Å². The molecule has 0 atom stereocenters. The lowest BCUT2D eigenvalue weighted by molar-refractivity contribution is -0.274. The summed E-state index contributed by atoms with van der Waals surface area (Å²) >= 11 is 0. The van der Waals surface area contributed by atoms with Crippen molar-refractivity contribution in [1.29, 1.82) is 0 Å². The average molecular weight is 285 g/mol. The maximum absolute atomic E-state index is 12.1. The summed E-state index contributed by atoms with van der Waals surface area (Å²) in [5.74, 6) is -0.590. The van der Waals surface area contributed by atoms with Gasteiger partial charge < -0.3 is 14.9 Å². The molecule has 1 heterocycles. The Labute approximate surface area is 112 Å². The van der Waals surface area contributed by atoms with Gasteiger partial charge >= 0.3 is 6.36 Å². The van der Waals surface area contributed by atoms with Crippen molar-refractivity contribution in [2.45, 2.75) is 13.0 Å². The van der Waals surface area contributed by atoms with Gasteiger partial charge in [0.05, 0.1) is 6.61 Å². The molecule has 2 aromatic rings. The summed E-state index contributed by atoms with van der Waals surface area (Å²) in [6.07, 6.45) is -3.42. The summed E-state index contributed by atoms with van der Waals surface area (Å²) in [5.41, 5.74) is 0.905. The van der Waals surface area contributed by atoms with Crippen LogP contribution in [-0.4, -0.2) is 21.6 Å². The molecular formula is C13H10F3NO3. The standard InChI is InChI=1S/C13H10F3NO3/c14-13(15,16)20-10-3-1-2-8(4-10)9-5-12(19)11(7-18)17-6-9/h1-6,18-19H,7H2. The van der Waals surface area contributed by atoms with Crippen molar-refractivity contribution in [1.82, 2.24) is 4.98 Å². The minimum atomic E-state index is -4.76. The molecule has 4 nitrogen and oxygen atoms in total. The van der Waals surface area contributed by atoms with Crippen LogP contribution >= 0.6 is 0 Å². The Morgan fingerprint density at radius 1 is 1.15 bits per heavy atom. The van der Waals surface area contributed by atoms with Gasteiger partial charge in [0.2, 0.25) is 0 Å². The van der Waals surface area contributed by atoms with Gasteiger partial charge in [-0.1, -0.05) is 12.1 Å². The number of hydrogen-bond donors (Lipinski definition) is 2. The van der Waals surface area contributed by atoms with Crippen LogP contribution in [0.1, 0.15) is 5.69 Å². The number of aromatic hydroxyl groups is 1. The third-order valence-electron chi connectivity index (χ3n) is 2.50. The maximum Gasteiger partial charge on any atom is 0.573 e. The maximum atomic E-state index is 12.1. The first-order valence-corrected chi connectivity index (χ1v) is 5.54. The normalized spacial score (nSPS) is 11.4. The molecule has 2 N–H and O–H groups in total. The first kappa shape index (κ1) is 14.1. The van der Waals surface area contributed by atoms with E-state index in [1.165, 1.54) is 30.5 Å². The molecule has 1 aromatic heterocycles. The fourth-order valence-electron chi connectivity index (χ4n) is 1.63. The lowest BCUT2D eigenvalue weighted by atomic mass is 10.1. The molecule has 0 saturated carbocycles. The monoisotopic (exact) mass is 285 g/mol. The number of rotatable bonds is 3. The SMILES string of the molecule is OCc1ncc(-c2cccc(OC(F)(F)F)c2)cc1O. The summed E-state index contributed by atoms with van der Waals surface area (Å²) in [5, 5.41) is 18.5. The average Bonchev–Trinajstić information content (AvgIpc) is 2.37. The van der Waals surface area contributed by atoms with Crippen molar-refractivity contribution in [2.75, 3.05) is 0 Å². The van der Waals surface area contributed by atoms with E-state index in [2.05, 4.69) is 9.72 Å². The molecule has 0 spiro atoms. The quantitative estimate of drug-likeness (QED) is 0.910. The molecular weight excluding hydrogens is 275 g/mol. The molecule has 0 aliphatic rings. The molecule has 0 aliphatic carbocycles. The Kier molecular flexibility index (Phi) is 3.80. The van der Waals surface area contributed by atoms with E-state index in [9.17, 15) is 18.3 Å². The number of ether oxygens (including phenoxy) is 1. The summed E-state index contributed by atoms with van der Waals surface area (Å²) in [7, 11) is 0. The van der Waals surface area contributed by atoms with Gasteiger partial charge in [-0.3, -0.25) is 4.98 Å². The Hall–Kier alpha value is -2.28. The molecule has 106 valence electrons. The number of halogens is 3. The second-order valence-corrected chi connectivity index (χ2v) is 3.92. The van der Waals surface area contributed by atoms with Crippen molar-refractivity contribution in [3.63, 3.8) is 0 Å². The summed E-state index contributed by atoms with van der Waals surface area (Å²) in [6.45, 7) is -0.427. The van der Waals surface area contributed by atoms with Gasteiger partial charge in [-0.25, -0.2) is 0 Å². The van der Waals surface area contributed by atoms with Crippen LogP contribution in [0.15, 0.2) is 36.5 Å². The second kappa shape index (κ2) is 5.38. The molecule has 0 bridgehead atoms. The minimum absolute atomic E-state index is 0.0939. The van der Waals surface area contributed by atoms with Crippen molar-refractivity contribution in [3.05, 3.63) is 42.2 Å². The fraction of sp³-hybridized carbons (Fsp3) is 0.154. The number of alkyl halides is 3. The highest BCUT2D eigenvalue weighted by atomic mass is 19.4. The highest BCUT2D eigenvalue weighted by Gasteiger charge is 2.31. The lowest BCUT2D eigenvalue weighted by Crippen LogP contribution is -2.17. The first-order valence-electron chi connectivity index (χ1n) is 5.54. The molecule has 2 rings (SSSR count). The molecule has 20 heavy (non-hydrogen) atoms. The third kappa shape index (κ3) is 3.39. The zero-order valence-corrected chi connectivity index (χ0v) is 10.1. The van der Waals surface area contributed by atoms with E-state index < -0.39 is 13.0 Å². The zero-order valence-electron chi connectivity index (χ0n) is 10.1. The van der Waals surface area contributed by atoms with Crippen LogP contribution < -0.4 is 4.74 Å². The van der Waals surface area contributed by atoms with Gasteiger partial charge in [0.1, 0.15) is 17.2 Å². The van der Waals surface area contributed by atoms with E-state index in [1.54, 1.807) is 6.07 Å². The summed E-state index contributed by atoms with van der Waals surface area (Å²) in [6, 6.07) is 6.62. The highest BCUT2D eigenvalue weighted by molar-refractivity contribution is 5.65. The topological polar surface area (TPSA) is 62.6 Å². The number of aromatic nitrogens is 1. The van der Waals surface area contributed by atoms with Crippen LogP contribution in [0.4, 0.5) is 13.2 Å². The Morgan fingerprint density at radius 3 is 2.50 bits per heavy atom. The zero-order chi connectivity index (χ0) is 14.8. The number of aliphatic hydroxyl groups excluding tert-OH is 1. The number of aliphatic hydroxyl groups is 1. The van der Waals surface area contributed by atoms with Crippen molar-refractivity contribution in [2.24, 2.45) is 0 Å². The highest BCUT2D eigenvalue weighted by Crippen LogP contribution is 2.29. The summed E-state index contributed by atoms with van der Waals surface area (Å²) < 4.78 is 40.2. The lowest BCUT2D eigenvalue weighted by Gasteiger charge is -2.10. The number of hydrogen-bond acceptors (Lipinski definition) is 4. The molecule has 0 saturated heterocycles. The van der Waals surface area contributed by atoms with Crippen LogP contribution in [0.5, 0.6) is 11.5 Å². The molecule has 0 aliphatic heterocycles. The van der Waals surface area contributed by atoms with E-state index in [1.807, 2.05) is 0 Å². The molecule has 0 unspecified atom stereocenters. The van der Waals surface area contributed by atoms with Gasteiger partial charge in [0.25, 0.3) is 0 Å². The van der Waals surface area contributed by atoms with Gasteiger partial charge in [-0.15, -0.1) is 13.2 Å². The predicted octanol–water partition coefficient (Wildman–Crippen LogP) is 2.85. The third-order valence-corrected chi connectivity index (χ3v) is 2.50. The number of benzene rings is 1. The van der Waals surface area contributed by atoms with Crippen LogP contribution in [0.3, 0.4) is 0 Å². The molecule has 7 heteroatoms. The van der Waals surface area contributed by atoms with E-state index in [4.69, 9.17) is 5.11 Å². The first-order chi connectivity index (χ1) is 9.39. The van der Waals surface area contributed by atoms with Crippen molar-refractivity contribution in [3.8, 4) is 22.6 Å². The van der Waals surface area contributed by atoms with E-state index >= 15 is 0 Å². The second-order valence-electron chi connectivity index (χ2n) is 3.92. The summed E-state index contributed by atoms with van der Waals surface area (Å²) in [4.78, 5) is 3.81. The van der Waals surface area contributed by atoms with Gasteiger partial charge in [-0.05, 0) is 23.8 Å².